The van der Waals surface area contributed by atoms with Crippen molar-refractivity contribution in [2.45, 2.75) is 195 Å². The molecule has 2 N–H and O–H groups in total. The lowest BCUT2D eigenvalue weighted by molar-refractivity contribution is 0.499. The zero-order chi connectivity index (χ0) is 68.7. The maximum absolute atomic E-state index is 5.30. The Morgan fingerprint density at radius 1 is 0.461 bits per heavy atom. The van der Waals surface area contributed by atoms with Gasteiger partial charge in [-0.25, -0.2) is 20.0 Å². The molecule has 0 aliphatic carbocycles. The number of hydrogen-bond donors (Lipinski definition) is 2. The zero-order valence-electron chi connectivity index (χ0n) is 58.8. The summed E-state index contributed by atoms with van der Waals surface area (Å²) in [6.07, 6.45) is 57.6. The molecule has 0 radical (unpaired) electrons. The van der Waals surface area contributed by atoms with E-state index >= 15 is 0 Å². The van der Waals surface area contributed by atoms with Crippen LogP contribution in [0.4, 0.5) is 0 Å². The van der Waals surface area contributed by atoms with Crippen LogP contribution in [-0.4, -0.2) is 77.9 Å². The summed E-state index contributed by atoms with van der Waals surface area (Å²) in [5.41, 5.74) is 15.2. The molecule has 0 saturated carbocycles. The van der Waals surface area contributed by atoms with E-state index in [4.69, 9.17) is 51.4 Å². The summed E-state index contributed by atoms with van der Waals surface area (Å²) in [5.74, 6) is 21.7. The minimum absolute atomic E-state index is 0.0750. The standard InChI is InChI=1S/C10H14N2.5C10H13N.2C9H12N2/c1-6-9-11-7-8(12(9)5)10(2,3)4;1-5-9-6-8(7-11-9)10(2,3)4;2*1-5-9-8(6-7-11-9)10(2,3)4;2*1-5-8-6-7-9(11-8)10(2,3)4;1-5-8-10-6-7(11-8)9(2,3)4;1-5-7-6-8(11-10-7)9(2,3)4/h1,7H,2-5H3;3*1,6H,7H2,2-4H3;2*1,7H,6H2,2-4H3;2*1,6H,2-4H3,(H,10,11). The SMILES string of the molecule is C#CC1=NC(C(C)(C)C)=CC1.C#CC1=NC(C(C)(C)C)=CC1.C#CC1=NCC(C(C)(C)C)=C1.C#CC1=NCC=C1C(C)(C)C.C#CC1=NCC=C1C(C)(C)C.C#Cc1cc(C(C)(C)C)n[nH]1.C#Cc1ncc(C(C)(C)C)[nH]1.C#Cc1ncc(C(C)(C)C)n1C. The Hall–Kier alpha value is -8.84. The van der Waals surface area contributed by atoms with Crippen molar-refractivity contribution < 1.29 is 0 Å². The van der Waals surface area contributed by atoms with E-state index in [0.717, 1.165) is 95.2 Å². The summed E-state index contributed by atoms with van der Waals surface area (Å²) in [5, 5.41) is 6.87. The molecular weight excluding hydrogens is 1090 g/mol. The van der Waals surface area contributed by atoms with E-state index in [0.29, 0.717) is 11.6 Å². The van der Waals surface area contributed by atoms with Crippen LogP contribution in [0, 0.1) is 126 Å². The van der Waals surface area contributed by atoms with E-state index in [-0.39, 0.29) is 43.3 Å². The minimum Gasteiger partial charge on any atom is -0.335 e. The number of aromatic amines is 2. The topological polar surface area (TPSA) is 137 Å². The van der Waals surface area contributed by atoms with Crippen LogP contribution in [0.25, 0.3) is 0 Å². The Bertz CT molecular complexity index is 3430. The van der Waals surface area contributed by atoms with Crippen molar-refractivity contribution >= 4 is 28.6 Å². The molecule has 5 aliphatic rings. The summed E-state index contributed by atoms with van der Waals surface area (Å²) in [4.78, 5) is 32.4. The van der Waals surface area contributed by atoms with E-state index in [1.807, 2.05) is 30.0 Å². The molecule has 3 aromatic heterocycles. The van der Waals surface area contributed by atoms with E-state index < -0.39 is 0 Å². The van der Waals surface area contributed by atoms with Crippen LogP contribution < -0.4 is 0 Å². The highest BCUT2D eigenvalue weighted by Gasteiger charge is 2.26. The third kappa shape index (κ3) is 26.6. The Labute approximate surface area is 539 Å². The van der Waals surface area contributed by atoms with Crippen LogP contribution in [0.15, 0.2) is 102 Å². The number of aromatic nitrogens is 6. The molecule has 0 bridgehead atoms. The monoisotopic (exact) mass is 1190 g/mol. The van der Waals surface area contributed by atoms with Gasteiger partial charge in [0.25, 0.3) is 0 Å². The van der Waals surface area contributed by atoms with Gasteiger partial charge in [-0.05, 0) is 56.9 Å². The van der Waals surface area contributed by atoms with Gasteiger partial charge < -0.3 is 9.55 Å². The number of rotatable bonds is 0. The normalized spacial score (nSPS) is 14.9. The summed E-state index contributed by atoms with van der Waals surface area (Å²) in [6, 6.07) is 1.90. The van der Waals surface area contributed by atoms with Gasteiger partial charge >= 0.3 is 0 Å². The van der Waals surface area contributed by atoms with Crippen LogP contribution in [-0.2, 0) is 23.3 Å². The molecule has 5 aliphatic heterocycles. The molecule has 11 heteroatoms. The van der Waals surface area contributed by atoms with Crippen LogP contribution in [0.5, 0.6) is 0 Å². The van der Waals surface area contributed by atoms with Gasteiger partial charge in [-0.2, -0.15) is 5.10 Å². The van der Waals surface area contributed by atoms with Crippen molar-refractivity contribution in [1.82, 2.24) is 29.7 Å². The fourth-order valence-corrected chi connectivity index (χ4v) is 8.14. The van der Waals surface area contributed by atoms with Crippen LogP contribution >= 0.6 is 0 Å². The predicted octanol–water partition coefficient (Wildman–Crippen LogP) is 16.0. The summed E-state index contributed by atoms with van der Waals surface area (Å²) in [7, 11) is 1.95. The van der Waals surface area contributed by atoms with E-state index in [1.165, 1.54) is 16.7 Å². The average molecular weight is 1190 g/mol. The van der Waals surface area contributed by atoms with Gasteiger partial charge in [0.05, 0.1) is 42.9 Å². The summed E-state index contributed by atoms with van der Waals surface area (Å²) < 4.78 is 1.96. The number of aliphatic imine (C=N–C) groups is 5. The quantitative estimate of drug-likeness (QED) is 0.217. The lowest BCUT2D eigenvalue weighted by Crippen LogP contribution is -2.16. The number of nitrogens with zero attached hydrogens (tertiary/aromatic N) is 9. The van der Waals surface area contributed by atoms with Crippen molar-refractivity contribution in [1.29, 1.82) is 0 Å². The van der Waals surface area contributed by atoms with Crippen molar-refractivity contribution in [2.24, 2.45) is 59.1 Å². The van der Waals surface area contributed by atoms with Gasteiger partial charge in [0.2, 0.25) is 0 Å². The molecule has 0 fully saturated rings. The maximum atomic E-state index is 5.30. The first-order valence-corrected chi connectivity index (χ1v) is 30.0. The summed E-state index contributed by atoms with van der Waals surface area (Å²) >= 11 is 0. The highest BCUT2D eigenvalue weighted by molar-refractivity contribution is 6.15. The minimum atomic E-state index is 0.0750. The number of H-pyrrole nitrogens is 2. The highest BCUT2D eigenvalue weighted by atomic mass is 15.1. The Balaban J connectivity index is 0.000000509. The number of allylic oxidation sites excluding steroid dienone is 7. The molecule has 0 amide bonds. The van der Waals surface area contributed by atoms with Gasteiger partial charge in [0, 0.05) is 75.9 Å². The molecule has 11 nitrogen and oxygen atoms in total. The molecule has 0 atom stereocenters. The van der Waals surface area contributed by atoms with E-state index in [1.54, 1.807) is 6.20 Å². The van der Waals surface area contributed by atoms with Crippen molar-refractivity contribution in [3.63, 3.8) is 0 Å². The number of hydrogen-bond acceptors (Lipinski definition) is 8. The van der Waals surface area contributed by atoms with Gasteiger partial charge in [0.15, 0.2) is 11.6 Å². The zero-order valence-corrected chi connectivity index (χ0v) is 58.8. The summed E-state index contributed by atoms with van der Waals surface area (Å²) in [6.45, 7) is 53.6. The van der Waals surface area contributed by atoms with Gasteiger partial charge in [-0.1, -0.05) is 226 Å². The molecule has 8 heterocycles. The molecule has 3 aromatic rings. The second kappa shape index (κ2) is 32.9. The van der Waals surface area contributed by atoms with Crippen molar-refractivity contribution in [2.75, 3.05) is 19.6 Å². The van der Waals surface area contributed by atoms with Gasteiger partial charge in [0.1, 0.15) is 22.8 Å². The van der Waals surface area contributed by atoms with E-state index in [2.05, 4.69) is 288 Å². The molecule has 0 spiro atoms. The first-order chi connectivity index (χ1) is 40.8. The average Bonchev–Trinajstić information content (AvgIpc) is 2.30. The molecule has 8 rings (SSSR count). The first kappa shape index (κ1) is 78.2. The van der Waals surface area contributed by atoms with Crippen LogP contribution in [0.3, 0.4) is 0 Å². The second-order valence-corrected chi connectivity index (χ2v) is 29.7. The lowest BCUT2D eigenvalue weighted by Gasteiger charge is -2.19. The smallest absolute Gasteiger partial charge is 0.184 e. The van der Waals surface area contributed by atoms with Crippen molar-refractivity contribution in [3.8, 4) is 98.8 Å². The fourth-order valence-electron chi connectivity index (χ4n) is 8.14. The predicted molar refractivity (Wildman–Crippen MR) is 383 cm³/mol. The molecule has 0 aromatic carbocycles. The largest absolute Gasteiger partial charge is 0.335 e. The number of terminal acetylenes is 8. The number of imidazole rings is 2. The van der Waals surface area contributed by atoms with Gasteiger partial charge in [-0.15, -0.1) is 51.4 Å². The third-order valence-electron chi connectivity index (χ3n) is 13.6. The molecule has 0 saturated heterocycles. The molecular formula is C78H103N11. The number of nitrogens with one attached hydrogen (secondary N) is 2. The van der Waals surface area contributed by atoms with Crippen molar-refractivity contribution in [3.05, 3.63) is 111 Å². The van der Waals surface area contributed by atoms with E-state index in [9.17, 15) is 0 Å². The Morgan fingerprint density at radius 3 is 1.15 bits per heavy atom. The molecule has 89 heavy (non-hydrogen) atoms. The fraction of sp³-hybridized carbons (Fsp3) is 0.487. The lowest BCUT2D eigenvalue weighted by atomic mass is 9.84. The van der Waals surface area contributed by atoms with Gasteiger partial charge in [-0.3, -0.25) is 20.1 Å². The Kier molecular flexibility index (Phi) is 28.9. The highest BCUT2D eigenvalue weighted by Crippen LogP contribution is 2.33. The maximum Gasteiger partial charge on any atom is 0.184 e. The van der Waals surface area contributed by atoms with Crippen LogP contribution in [0.1, 0.15) is 213 Å². The molecule has 0 unspecified atom stereocenters. The Morgan fingerprint density at radius 2 is 0.933 bits per heavy atom. The third-order valence-corrected chi connectivity index (χ3v) is 13.6. The molecule has 470 valence electrons. The first-order valence-electron chi connectivity index (χ1n) is 30.0. The second-order valence-electron chi connectivity index (χ2n) is 29.7. The van der Waals surface area contributed by atoms with Crippen LogP contribution in [0.2, 0.25) is 0 Å².